The molecule has 3 heteroatoms. The monoisotopic (exact) mass is 290 g/mol. The molecule has 1 aliphatic heterocycles. The fourth-order valence-electron chi connectivity index (χ4n) is 2.43. The predicted octanol–water partition coefficient (Wildman–Crippen LogP) is 3.47. The van der Waals surface area contributed by atoms with Gasteiger partial charge in [0.1, 0.15) is 5.71 Å². The Balaban J connectivity index is 1.77. The van der Waals surface area contributed by atoms with Crippen LogP contribution >= 0.6 is 0 Å². The summed E-state index contributed by atoms with van der Waals surface area (Å²) in [5.41, 5.74) is 6.47. The smallest absolute Gasteiger partial charge is 0.209 e. The van der Waals surface area contributed by atoms with Gasteiger partial charge in [0.2, 0.25) is 5.78 Å². The first-order chi connectivity index (χ1) is 10.7. The van der Waals surface area contributed by atoms with Crippen molar-refractivity contribution in [2.75, 3.05) is 6.54 Å². The molecule has 1 atom stereocenters. The summed E-state index contributed by atoms with van der Waals surface area (Å²) in [4.78, 5) is 12.6. The van der Waals surface area contributed by atoms with Crippen molar-refractivity contribution in [3.63, 3.8) is 0 Å². The van der Waals surface area contributed by atoms with Gasteiger partial charge in [0.15, 0.2) is 0 Å². The van der Waals surface area contributed by atoms with Gasteiger partial charge < -0.3 is 5.43 Å². The number of Topliss-reactive ketones (excluding diaryl/α,β-unsaturated/α-hetero) is 1. The summed E-state index contributed by atoms with van der Waals surface area (Å²) in [6, 6.07) is 17.7. The van der Waals surface area contributed by atoms with Crippen molar-refractivity contribution >= 4 is 17.6 Å². The highest BCUT2D eigenvalue weighted by Gasteiger charge is 2.26. The molecule has 3 rings (SSSR count). The van der Waals surface area contributed by atoms with E-state index in [1.165, 1.54) is 0 Å². The summed E-state index contributed by atoms with van der Waals surface area (Å²) in [6.07, 6.45) is 4.08. The number of carbonyl (C=O) groups is 1. The standard InChI is InChI=1S/C19H18N2O/c1-14-7-10-16(11-8-14)19(22)18-17(13-20-21-18)12-9-15-5-3-2-4-6-15/h2-12,17,20H,13H2,1H3/b12-9+. The highest BCUT2D eigenvalue weighted by molar-refractivity contribution is 6.47. The Labute approximate surface area is 130 Å². The SMILES string of the molecule is Cc1ccc(C(=O)C2=NNCC2/C=C/c2ccccc2)cc1. The largest absolute Gasteiger partial charge is 0.309 e. The normalized spacial score (nSPS) is 17.3. The van der Waals surface area contributed by atoms with Gasteiger partial charge >= 0.3 is 0 Å². The average Bonchev–Trinajstić information content (AvgIpc) is 3.02. The van der Waals surface area contributed by atoms with Gasteiger partial charge in [0.25, 0.3) is 0 Å². The maximum absolute atomic E-state index is 12.6. The molecule has 0 fully saturated rings. The minimum atomic E-state index is -0.00675. The molecule has 2 aromatic carbocycles. The molecular formula is C19H18N2O. The number of hydrogen-bond donors (Lipinski definition) is 1. The lowest BCUT2D eigenvalue weighted by Gasteiger charge is -2.06. The van der Waals surface area contributed by atoms with Crippen LogP contribution in [0, 0.1) is 12.8 Å². The maximum atomic E-state index is 12.6. The van der Waals surface area contributed by atoms with Crippen LogP contribution in [0.25, 0.3) is 6.08 Å². The van der Waals surface area contributed by atoms with Gasteiger partial charge in [-0.15, -0.1) is 0 Å². The maximum Gasteiger partial charge on any atom is 0.209 e. The Kier molecular flexibility index (Phi) is 4.15. The molecule has 0 aliphatic carbocycles. The Morgan fingerprint density at radius 1 is 1.14 bits per heavy atom. The zero-order valence-electron chi connectivity index (χ0n) is 12.5. The van der Waals surface area contributed by atoms with Gasteiger partial charge in [-0.05, 0) is 12.5 Å². The van der Waals surface area contributed by atoms with Gasteiger partial charge in [0.05, 0.1) is 0 Å². The van der Waals surface area contributed by atoms with Crippen molar-refractivity contribution in [3.05, 3.63) is 77.4 Å². The number of ketones is 1. The highest BCUT2D eigenvalue weighted by Crippen LogP contribution is 2.15. The summed E-state index contributed by atoms with van der Waals surface area (Å²) in [5.74, 6) is 0.00159. The third kappa shape index (κ3) is 3.14. The van der Waals surface area contributed by atoms with E-state index in [-0.39, 0.29) is 11.7 Å². The summed E-state index contributed by atoms with van der Waals surface area (Å²) in [6.45, 7) is 2.67. The van der Waals surface area contributed by atoms with Crippen molar-refractivity contribution in [1.82, 2.24) is 5.43 Å². The molecule has 110 valence electrons. The van der Waals surface area contributed by atoms with Crippen LogP contribution in [-0.4, -0.2) is 18.0 Å². The van der Waals surface area contributed by atoms with Crippen LogP contribution in [0.4, 0.5) is 0 Å². The molecule has 0 radical (unpaired) electrons. The molecule has 0 bridgehead atoms. The number of benzene rings is 2. The Bertz CT molecular complexity index is 715. The minimum Gasteiger partial charge on any atom is -0.309 e. The second-order valence-electron chi connectivity index (χ2n) is 5.43. The van der Waals surface area contributed by atoms with E-state index >= 15 is 0 Å². The molecule has 0 saturated carbocycles. The molecular weight excluding hydrogens is 272 g/mol. The van der Waals surface area contributed by atoms with Crippen LogP contribution in [0.3, 0.4) is 0 Å². The lowest BCUT2D eigenvalue weighted by molar-refractivity contribution is 0.106. The first kappa shape index (κ1) is 14.3. The topological polar surface area (TPSA) is 41.5 Å². The molecule has 1 aliphatic rings. The van der Waals surface area contributed by atoms with Crippen molar-refractivity contribution in [1.29, 1.82) is 0 Å². The van der Waals surface area contributed by atoms with Gasteiger partial charge in [-0.2, -0.15) is 5.10 Å². The van der Waals surface area contributed by atoms with Crippen LogP contribution in [0.15, 0.2) is 65.8 Å². The van der Waals surface area contributed by atoms with E-state index in [0.717, 1.165) is 11.1 Å². The average molecular weight is 290 g/mol. The van der Waals surface area contributed by atoms with Gasteiger partial charge in [-0.25, -0.2) is 0 Å². The Morgan fingerprint density at radius 3 is 2.59 bits per heavy atom. The summed E-state index contributed by atoms with van der Waals surface area (Å²) in [7, 11) is 0. The molecule has 1 unspecified atom stereocenters. The lowest BCUT2D eigenvalue weighted by atomic mass is 9.95. The number of aryl methyl sites for hydroxylation is 1. The quantitative estimate of drug-likeness (QED) is 0.876. The van der Waals surface area contributed by atoms with E-state index in [9.17, 15) is 4.79 Å². The molecule has 0 aromatic heterocycles. The highest BCUT2D eigenvalue weighted by atomic mass is 16.1. The van der Waals surface area contributed by atoms with Crippen molar-refractivity contribution in [3.8, 4) is 0 Å². The van der Waals surface area contributed by atoms with Crippen molar-refractivity contribution in [2.45, 2.75) is 6.92 Å². The number of hydrazone groups is 1. The minimum absolute atomic E-state index is 0.00675. The predicted molar refractivity (Wildman–Crippen MR) is 89.9 cm³/mol. The summed E-state index contributed by atoms with van der Waals surface area (Å²) < 4.78 is 0. The first-order valence-corrected chi connectivity index (χ1v) is 7.39. The number of hydrogen-bond acceptors (Lipinski definition) is 3. The van der Waals surface area contributed by atoms with Crippen LogP contribution in [0.5, 0.6) is 0 Å². The molecule has 1 heterocycles. The van der Waals surface area contributed by atoms with E-state index in [1.807, 2.05) is 73.7 Å². The van der Waals surface area contributed by atoms with E-state index in [4.69, 9.17) is 0 Å². The molecule has 3 nitrogen and oxygen atoms in total. The van der Waals surface area contributed by atoms with Crippen LogP contribution in [0.1, 0.15) is 21.5 Å². The summed E-state index contributed by atoms with van der Waals surface area (Å²) >= 11 is 0. The van der Waals surface area contributed by atoms with Gasteiger partial charge in [-0.1, -0.05) is 72.3 Å². The van der Waals surface area contributed by atoms with Crippen molar-refractivity contribution in [2.24, 2.45) is 11.0 Å². The number of nitrogens with zero attached hydrogens (tertiary/aromatic N) is 1. The van der Waals surface area contributed by atoms with Crippen LogP contribution in [0.2, 0.25) is 0 Å². The fourth-order valence-corrected chi connectivity index (χ4v) is 2.43. The number of nitrogens with one attached hydrogen (secondary N) is 1. The fraction of sp³-hybridized carbons (Fsp3) is 0.158. The van der Waals surface area contributed by atoms with Crippen molar-refractivity contribution < 1.29 is 4.79 Å². The molecule has 2 aromatic rings. The Morgan fingerprint density at radius 2 is 1.86 bits per heavy atom. The third-order valence-corrected chi connectivity index (χ3v) is 3.73. The number of rotatable bonds is 4. The zero-order chi connectivity index (χ0) is 15.4. The molecule has 1 N–H and O–H groups in total. The van der Waals surface area contributed by atoms with Gasteiger partial charge in [0, 0.05) is 18.0 Å². The number of carbonyl (C=O) groups excluding carboxylic acids is 1. The molecule has 0 amide bonds. The van der Waals surface area contributed by atoms with Crippen LogP contribution in [-0.2, 0) is 0 Å². The van der Waals surface area contributed by atoms with E-state index < -0.39 is 0 Å². The second kappa shape index (κ2) is 6.39. The Hall–Kier alpha value is -2.68. The van der Waals surface area contributed by atoms with E-state index in [2.05, 4.69) is 10.5 Å². The van der Waals surface area contributed by atoms with Gasteiger partial charge in [-0.3, -0.25) is 4.79 Å². The molecule has 0 spiro atoms. The lowest BCUT2D eigenvalue weighted by Crippen LogP contribution is -2.21. The van der Waals surface area contributed by atoms with E-state index in [0.29, 0.717) is 17.8 Å². The summed E-state index contributed by atoms with van der Waals surface area (Å²) in [5, 5.41) is 4.19. The molecule has 22 heavy (non-hydrogen) atoms. The molecule has 0 saturated heterocycles. The second-order valence-corrected chi connectivity index (χ2v) is 5.43. The first-order valence-electron chi connectivity index (χ1n) is 7.39. The van der Waals surface area contributed by atoms with E-state index in [1.54, 1.807) is 0 Å². The third-order valence-electron chi connectivity index (χ3n) is 3.73. The zero-order valence-corrected chi connectivity index (χ0v) is 12.5. The van der Waals surface area contributed by atoms with Crippen LogP contribution < -0.4 is 5.43 Å².